The van der Waals surface area contributed by atoms with Crippen LogP contribution in [0.4, 0.5) is 10.5 Å². The van der Waals surface area contributed by atoms with E-state index in [-0.39, 0.29) is 23.7 Å². The second-order valence-electron chi connectivity index (χ2n) is 11.9. The van der Waals surface area contributed by atoms with E-state index in [4.69, 9.17) is 9.47 Å². The molecule has 41 heavy (non-hydrogen) atoms. The van der Waals surface area contributed by atoms with Gasteiger partial charge in [0.05, 0.1) is 28.6 Å². The van der Waals surface area contributed by atoms with Crippen LogP contribution in [0.5, 0.6) is 5.75 Å². The molecule has 5 rings (SSSR count). The van der Waals surface area contributed by atoms with Crippen LogP contribution in [0.15, 0.2) is 29.6 Å². The lowest BCUT2D eigenvalue weighted by atomic mass is 9.81. The molecule has 2 heterocycles. The largest absolute Gasteiger partial charge is 0.494 e. The molecule has 0 saturated carbocycles. The van der Waals surface area contributed by atoms with Gasteiger partial charge in [0.25, 0.3) is 0 Å². The minimum atomic E-state index is -0.536. The van der Waals surface area contributed by atoms with Gasteiger partial charge in [-0.1, -0.05) is 24.3 Å². The van der Waals surface area contributed by atoms with Gasteiger partial charge in [-0.05, 0) is 52.2 Å². The van der Waals surface area contributed by atoms with Gasteiger partial charge in [-0.3, -0.25) is 9.59 Å². The standard InChI is InChI=1S/C31H38N4O5S/c1-31(2,3)40-30(38)35-13-11-19(16-35)33-15-18-17-41-29-22(18)25(32-12-14-34(4)5)23-24(28(29)39-6)27(37)21-10-8-7-9-20(21)26(23)36/h7-10,17,19,32-33H,11-16H2,1-6H3. The van der Waals surface area contributed by atoms with Crippen molar-refractivity contribution in [2.24, 2.45) is 0 Å². The van der Waals surface area contributed by atoms with Crippen LogP contribution < -0.4 is 15.4 Å². The minimum Gasteiger partial charge on any atom is -0.494 e. The first-order chi connectivity index (χ1) is 19.5. The number of nitrogens with one attached hydrogen (secondary N) is 2. The van der Waals surface area contributed by atoms with Crippen molar-refractivity contribution in [1.82, 2.24) is 15.1 Å². The number of carbonyl (C=O) groups excluding carboxylic acids is 3. The summed E-state index contributed by atoms with van der Waals surface area (Å²) in [5.41, 5.74) is 2.64. The number of rotatable bonds is 8. The third-order valence-electron chi connectivity index (χ3n) is 7.41. The molecule has 0 spiro atoms. The van der Waals surface area contributed by atoms with Gasteiger partial charge in [-0.25, -0.2) is 4.79 Å². The van der Waals surface area contributed by atoms with Crippen LogP contribution >= 0.6 is 11.3 Å². The highest BCUT2D eigenvalue weighted by atomic mass is 32.1. The molecule has 1 unspecified atom stereocenters. The molecule has 2 N–H and O–H groups in total. The maximum absolute atomic E-state index is 14.0. The number of hydrogen-bond donors (Lipinski definition) is 2. The van der Waals surface area contributed by atoms with E-state index < -0.39 is 5.60 Å². The Morgan fingerprint density at radius 2 is 1.80 bits per heavy atom. The van der Waals surface area contributed by atoms with Crippen molar-refractivity contribution in [2.75, 3.05) is 52.7 Å². The normalized spacial score (nSPS) is 16.8. The van der Waals surface area contributed by atoms with Gasteiger partial charge < -0.3 is 29.9 Å². The van der Waals surface area contributed by atoms with Crippen molar-refractivity contribution in [1.29, 1.82) is 0 Å². The lowest BCUT2D eigenvalue weighted by Gasteiger charge is -2.25. The molecule has 1 aromatic heterocycles. The minimum absolute atomic E-state index is 0.109. The molecule has 1 atom stereocenters. The highest BCUT2D eigenvalue weighted by molar-refractivity contribution is 7.18. The summed E-state index contributed by atoms with van der Waals surface area (Å²) < 4.78 is 12.2. The molecule has 9 nitrogen and oxygen atoms in total. The number of anilines is 1. The van der Waals surface area contributed by atoms with E-state index in [1.807, 2.05) is 34.9 Å². The van der Waals surface area contributed by atoms with E-state index in [9.17, 15) is 14.4 Å². The van der Waals surface area contributed by atoms with Crippen LogP contribution in [0.1, 0.15) is 64.6 Å². The molecule has 10 heteroatoms. The topological polar surface area (TPSA) is 100 Å². The van der Waals surface area contributed by atoms with E-state index >= 15 is 0 Å². The van der Waals surface area contributed by atoms with Crippen molar-refractivity contribution >= 4 is 44.8 Å². The second-order valence-corrected chi connectivity index (χ2v) is 12.7. The second kappa shape index (κ2) is 11.4. The molecule has 218 valence electrons. The first-order valence-corrected chi connectivity index (χ1v) is 14.8. The summed E-state index contributed by atoms with van der Waals surface area (Å²) in [7, 11) is 5.54. The number of methoxy groups -OCH3 is 1. The number of carbonyl (C=O) groups is 3. The Morgan fingerprint density at radius 1 is 1.12 bits per heavy atom. The highest BCUT2D eigenvalue weighted by Gasteiger charge is 2.37. The zero-order valence-electron chi connectivity index (χ0n) is 24.6. The summed E-state index contributed by atoms with van der Waals surface area (Å²) in [4.78, 5) is 44.1. The van der Waals surface area contributed by atoms with Crippen molar-refractivity contribution in [2.45, 2.75) is 45.4 Å². The molecular weight excluding hydrogens is 540 g/mol. The SMILES string of the molecule is COc1c2c(c(NCCN(C)C)c3c(CNC4CCN(C(=O)OC(C)(C)C)C4)csc13)C(=O)c1ccccc1C2=O. The number of ketones is 2. The zero-order valence-corrected chi connectivity index (χ0v) is 25.4. The van der Waals surface area contributed by atoms with E-state index in [0.717, 1.165) is 28.6 Å². The monoisotopic (exact) mass is 578 g/mol. The van der Waals surface area contributed by atoms with Crippen molar-refractivity contribution in [3.05, 3.63) is 57.5 Å². The molecule has 3 aromatic rings. The number of thiophene rings is 1. The van der Waals surface area contributed by atoms with Crippen LogP contribution in [0.25, 0.3) is 10.1 Å². The van der Waals surface area contributed by atoms with Gasteiger partial charge in [-0.2, -0.15) is 0 Å². The van der Waals surface area contributed by atoms with E-state index in [1.54, 1.807) is 36.3 Å². The molecule has 0 radical (unpaired) electrons. The lowest BCUT2D eigenvalue weighted by Crippen LogP contribution is -2.38. The third-order valence-corrected chi connectivity index (χ3v) is 8.43. The summed E-state index contributed by atoms with van der Waals surface area (Å²) in [6, 6.07) is 7.08. The first kappa shape index (κ1) is 29.0. The van der Waals surface area contributed by atoms with Crippen molar-refractivity contribution < 1.29 is 23.9 Å². The average Bonchev–Trinajstić information content (AvgIpc) is 3.56. The Kier molecular flexibility index (Phi) is 8.09. The van der Waals surface area contributed by atoms with Gasteiger partial charge in [0.2, 0.25) is 0 Å². The maximum atomic E-state index is 14.0. The molecule has 1 amide bonds. The van der Waals surface area contributed by atoms with Crippen LogP contribution in [-0.2, 0) is 11.3 Å². The first-order valence-electron chi connectivity index (χ1n) is 13.9. The molecular formula is C31H38N4O5S. The van der Waals surface area contributed by atoms with E-state index in [2.05, 4.69) is 20.9 Å². The molecule has 2 aliphatic rings. The Balaban J connectivity index is 1.51. The van der Waals surface area contributed by atoms with Gasteiger partial charge in [0.1, 0.15) is 11.4 Å². The number of benzene rings is 2. The average molecular weight is 579 g/mol. The summed E-state index contributed by atoms with van der Waals surface area (Å²) in [5.74, 6) is 0.0526. The molecule has 1 aliphatic heterocycles. The lowest BCUT2D eigenvalue weighted by molar-refractivity contribution is 0.0290. The summed E-state index contributed by atoms with van der Waals surface area (Å²) >= 11 is 1.51. The number of likely N-dealkylation sites (tertiary alicyclic amines) is 1. The quantitative estimate of drug-likeness (QED) is 0.309. The van der Waals surface area contributed by atoms with E-state index in [1.165, 1.54) is 11.3 Å². The number of likely N-dealkylation sites (N-methyl/N-ethyl adjacent to an activating group) is 1. The van der Waals surface area contributed by atoms with Gasteiger partial charge in [0, 0.05) is 55.3 Å². The Morgan fingerprint density at radius 3 is 2.44 bits per heavy atom. The number of hydrogen-bond acceptors (Lipinski definition) is 9. The molecule has 1 aliphatic carbocycles. The Bertz CT molecular complexity index is 1510. The number of ether oxygens (including phenoxy) is 2. The predicted octanol–water partition coefficient (Wildman–Crippen LogP) is 4.76. The fraction of sp³-hybridized carbons (Fsp3) is 0.452. The van der Waals surface area contributed by atoms with E-state index in [0.29, 0.717) is 59.9 Å². The number of fused-ring (bicyclic) bond motifs is 3. The molecule has 2 aromatic carbocycles. The van der Waals surface area contributed by atoms with Gasteiger partial charge in [0.15, 0.2) is 11.6 Å². The molecule has 1 fully saturated rings. The predicted molar refractivity (Wildman–Crippen MR) is 162 cm³/mol. The smallest absolute Gasteiger partial charge is 0.410 e. The summed E-state index contributed by atoms with van der Waals surface area (Å²) in [6.45, 7) is 8.68. The van der Waals surface area contributed by atoms with Gasteiger partial charge in [-0.15, -0.1) is 11.3 Å². The third kappa shape index (κ3) is 5.68. The number of amides is 1. The zero-order chi connectivity index (χ0) is 29.5. The molecule has 1 saturated heterocycles. The maximum Gasteiger partial charge on any atom is 0.410 e. The van der Waals surface area contributed by atoms with Crippen LogP contribution in [0.2, 0.25) is 0 Å². The Labute approximate surface area is 244 Å². The van der Waals surface area contributed by atoms with Crippen molar-refractivity contribution in [3.63, 3.8) is 0 Å². The Hall–Kier alpha value is -3.47. The van der Waals surface area contributed by atoms with Crippen LogP contribution in [0, 0.1) is 0 Å². The fourth-order valence-electron chi connectivity index (χ4n) is 5.48. The van der Waals surface area contributed by atoms with Gasteiger partial charge >= 0.3 is 6.09 Å². The van der Waals surface area contributed by atoms with Crippen molar-refractivity contribution in [3.8, 4) is 5.75 Å². The fourth-order valence-corrected chi connectivity index (χ4v) is 6.59. The number of nitrogens with zero attached hydrogens (tertiary/aromatic N) is 2. The summed E-state index contributed by atoms with van der Waals surface area (Å²) in [5, 5.41) is 10.1. The van der Waals surface area contributed by atoms with Crippen LogP contribution in [-0.4, -0.2) is 86.5 Å². The molecule has 0 bridgehead atoms. The summed E-state index contributed by atoms with van der Waals surface area (Å²) in [6.07, 6.45) is 0.521. The van der Waals surface area contributed by atoms with Crippen LogP contribution in [0.3, 0.4) is 0 Å². The highest BCUT2D eigenvalue weighted by Crippen LogP contribution is 2.47.